The largest absolute Gasteiger partial charge is 0.493 e. The van der Waals surface area contributed by atoms with Gasteiger partial charge in [0.05, 0.1) is 25.8 Å². The van der Waals surface area contributed by atoms with Gasteiger partial charge in [0.1, 0.15) is 10.0 Å². The molecule has 0 atom stereocenters. The lowest BCUT2D eigenvalue weighted by Crippen LogP contribution is -2.12. The topological polar surface area (TPSA) is 96.6 Å². The number of hydrogen-bond acceptors (Lipinski definition) is 7. The van der Waals surface area contributed by atoms with Crippen molar-refractivity contribution in [1.29, 1.82) is 0 Å². The molecule has 0 aliphatic heterocycles. The Morgan fingerprint density at radius 2 is 1.79 bits per heavy atom. The molecule has 3 aromatic rings. The highest BCUT2D eigenvalue weighted by atomic mass is 79.9. The summed E-state index contributed by atoms with van der Waals surface area (Å²) in [5.74, 6) is 1.06. The van der Waals surface area contributed by atoms with Gasteiger partial charge in [-0.15, -0.1) is 10.2 Å². The van der Waals surface area contributed by atoms with Crippen LogP contribution in [-0.4, -0.2) is 37.4 Å². The number of halogens is 1. The van der Waals surface area contributed by atoms with Gasteiger partial charge in [-0.1, -0.05) is 35.6 Å². The van der Waals surface area contributed by atoms with Crippen LogP contribution in [0.15, 0.2) is 34.8 Å². The number of aromatic nitrogens is 2. The molecule has 0 spiro atoms. The van der Waals surface area contributed by atoms with Crippen LogP contribution in [0.5, 0.6) is 17.2 Å². The molecule has 1 heterocycles. The Morgan fingerprint density at radius 1 is 1.07 bits per heavy atom. The zero-order valence-electron chi connectivity index (χ0n) is 15.9. The lowest BCUT2D eigenvalue weighted by molar-refractivity contribution is 0.100. The lowest BCUT2D eigenvalue weighted by atomic mass is 10.1. The van der Waals surface area contributed by atoms with Gasteiger partial charge >= 0.3 is 0 Å². The number of amides is 1. The maximum absolute atomic E-state index is 11.6. The van der Waals surface area contributed by atoms with Crippen LogP contribution in [-0.2, 0) is 0 Å². The van der Waals surface area contributed by atoms with Crippen LogP contribution in [0.4, 0.5) is 0 Å². The summed E-state index contributed by atoms with van der Waals surface area (Å²) in [5.41, 5.74) is 7.33. The maximum atomic E-state index is 11.6. The molecular formula is C20H18BrN3O4S. The molecule has 2 N–H and O–H groups in total. The molecule has 2 aromatic carbocycles. The summed E-state index contributed by atoms with van der Waals surface area (Å²) in [6.07, 6.45) is 3.68. The number of nitrogens with zero attached hydrogens (tertiary/aromatic N) is 2. The van der Waals surface area contributed by atoms with Crippen molar-refractivity contribution in [3.05, 3.63) is 50.9 Å². The minimum absolute atomic E-state index is 0.409. The molecule has 0 bridgehead atoms. The van der Waals surface area contributed by atoms with Crippen LogP contribution in [0.2, 0.25) is 0 Å². The first-order valence-electron chi connectivity index (χ1n) is 8.39. The second-order valence-corrected chi connectivity index (χ2v) is 7.54. The normalized spacial score (nSPS) is 10.9. The average Bonchev–Trinajstić information content (AvgIpc) is 3.21. The number of methoxy groups -OCH3 is 3. The monoisotopic (exact) mass is 475 g/mol. The first kappa shape index (κ1) is 20.8. The summed E-state index contributed by atoms with van der Waals surface area (Å²) in [7, 11) is 4.67. The molecule has 9 heteroatoms. The third-order valence-corrected chi connectivity index (χ3v) is 5.81. The molecule has 0 aliphatic rings. The Kier molecular flexibility index (Phi) is 6.50. The van der Waals surface area contributed by atoms with Crippen molar-refractivity contribution in [2.75, 3.05) is 21.3 Å². The second-order valence-electron chi connectivity index (χ2n) is 5.74. The predicted molar refractivity (Wildman–Crippen MR) is 117 cm³/mol. The van der Waals surface area contributed by atoms with Crippen molar-refractivity contribution < 1.29 is 19.0 Å². The highest BCUT2D eigenvalue weighted by Gasteiger charge is 2.18. The standard InChI is InChI=1S/C20H18BrN3O4S/c1-26-14-10-11(16(21)18(28-3)17(14)27-2)8-9-15-23-24-20(29-15)13-7-5-4-6-12(13)19(22)25/h4-10H,1-3H3,(H2,22,25). The Balaban J connectivity index is 1.96. The minimum Gasteiger partial charge on any atom is -0.493 e. The minimum atomic E-state index is -0.505. The highest BCUT2D eigenvalue weighted by molar-refractivity contribution is 9.10. The van der Waals surface area contributed by atoms with E-state index in [2.05, 4.69) is 26.1 Å². The van der Waals surface area contributed by atoms with Gasteiger partial charge in [0, 0.05) is 11.1 Å². The number of carbonyl (C=O) groups is 1. The summed E-state index contributed by atoms with van der Waals surface area (Å²) in [6.45, 7) is 0. The predicted octanol–water partition coefficient (Wildman–Crippen LogP) is 4.26. The van der Waals surface area contributed by atoms with E-state index in [1.54, 1.807) is 39.5 Å². The number of benzene rings is 2. The van der Waals surface area contributed by atoms with Crippen molar-refractivity contribution >= 4 is 45.3 Å². The Hall–Kier alpha value is -2.91. The van der Waals surface area contributed by atoms with Crippen LogP contribution in [0.1, 0.15) is 20.9 Å². The van der Waals surface area contributed by atoms with Gasteiger partial charge in [-0.2, -0.15) is 0 Å². The smallest absolute Gasteiger partial charge is 0.249 e. The summed E-state index contributed by atoms with van der Waals surface area (Å²) in [4.78, 5) is 11.6. The maximum Gasteiger partial charge on any atom is 0.249 e. The Bertz CT molecular complexity index is 1080. The lowest BCUT2D eigenvalue weighted by Gasteiger charge is -2.15. The van der Waals surface area contributed by atoms with Gasteiger partial charge in [0.15, 0.2) is 11.5 Å². The van der Waals surface area contributed by atoms with Gasteiger partial charge in [0.25, 0.3) is 0 Å². The number of primary amides is 1. The van der Waals surface area contributed by atoms with Gasteiger partial charge in [-0.25, -0.2) is 0 Å². The van der Waals surface area contributed by atoms with Gasteiger partial charge in [-0.05, 0) is 39.7 Å². The molecule has 1 amide bonds. The van der Waals surface area contributed by atoms with Gasteiger partial charge < -0.3 is 19.9 Å². The third-order valence-electron chi connectivity index (χ3n) is 4.07. The van der Waals surface area contributed by atoms with Crippen molar-refractivity contribution in [2.45, 2.75) is 0 Å². The number of rotatable bonds is 7. The van der Waals surface area contributed by atoms with E-state index in [4.69, 9.17) is 19.9 Å². The van der Waals surface area contributed by atoms with Crippen LogP contribution in [0.25, 0.3) is 22.7 Å². The van der Waals surface area contributed by atoms with E-state index in [0.29, 0.717) is 38.4 Å². The molecule has 29 heavy (non-hydrogen) atoms. The van der Waals surface area contributed by atoms with Crippen molar-refractivity contribution in [1.82, 2.24) is 10.2 Å². The Labute approximate surface area is 180 Å². The molecule has 1 aromatic heterocycles. The van der Waals surface area contributed by atoms with Gasteiger partial charge in [-0.3, -0.25) is 4.79 Å². The van der Waals surface area contributed by atoms with Crippen molar-refractivity contribution in [2.24, 2.45) is 5.73 Å². The van der Waals surface area contributed by atoms with Crippen molar-refractivity contribution in [3.8, 4) is 27.8 Å². The highest BCUT2D eigenvalue weighted by Crippen LogP contribution is 2.45. The van der Waals surface area contributed by atoms with Crippen molar-refractivity contribution in [3.63, 3.8) is 0 Å². The van der Waals surface area contributed by atoms with E-state index in [1.165, 1.54) is 11.3 Å². The van der Waals surface area contributed by atoms with E-state index >= 15 is 0 Å². The summed E-state index contributed by atoms with van der Waals surface area (Å²) in [5, 5.41) is 9.65. The number of hydrogen-bond donors (Lipinski definition) is 1. The molecule has 7 nitrogen and oxygen atoms in total. The van der Waals surface area contributed by atoms with E-state index in [9.17, 15) is 4.79 Å². The molecule has 0 radical (unpaired) electrons. The van der Waals surface area contributed by atoms with Gasteiger partial charge in [0.2, 0.25) is 11.7 Å². The molecular weight excluding hydrogens is 458 g/mol. The SMILES string of the molecule is COc1cc(C=Cc2nnc(-c3ccccc3C(N)=O)s2)c(Br)c(OC)c1OC. The fourth-order valence-corrected chi connectivity index (χ4v) is 4.09. The number of carbonyl (C=O) groups excluding carboxylic acids is 1. The molecule has 0 saturated heterocycles. The zero-order chi connectivity index (χ0) is 21.0. The second kappa shape index (κ2) is 9.06. The number of nitrogens with two attached hydrogens (primary N) is 1. The molecule has 0 saturated carbocycles. The van der Waals surface area contributed by atoms with E-state index in [-0.39, 0.29) is 0 Å². The first-order chi connectivity index (χ1) is 14.0. The summed E-state index contributed by atoms with van der Waals surface area (Å²) >= 11 is 4.89. The molecule has 0 aliphatic carbocycles. The van der Waals surface area contributed by atoms with E-state index in [0.717, 1.165) is 10.0 Å². The first-order valence-corrected chi connectivity index (χ1v) is 10.00. The average molecular weight is 476 g/mol. The summed E-state index contributed by atoms with van der Waals surface area (Å²) < 4.78 is 16.9. The van der Waals surface area contributed by atoms with Crippen LogP contribution in [0, 0.1) is 0 Å². The molecule has 150 valence electrons. The van der Waals surface area contributed by atoms with E-state index < -0.39 is 5.91 Å². The molecule has 0 fully saturated rings. The quantitative estimate of drug-likeness (QED) is 0.548. The fourth-order valence-electron chi connectivity index (χ4n) is 2.72. The fraction of sp³-hybridized carbons (Fsp3) is 0.150. The Morgan fingerprint density at radius 3 is 2.45 bits per heavy atom. The zero-order valence-corrected chi connectivity index (χ0v) is 18.3. The summed E-state index contributed by atoms with van der Waals surface area (Å²) in [6, 6.07) is 8.87. The number of ether oxygens (including phenoxy) is 3. The van der Waals surface area contributed by atoms with Crippen LogP contribution in [0.3, 0.4) is 0 Å². The molecule has 0 unspecified atom stereocenters. The third kappa shape index (κ3) is 4.25. The van der Waals surface area contributed by atoms with Crippen LogP contribution < -0.4 is 19.9 Å². The molecule has 3 rings (SSSR count). The van der Waals surface area contributed by atoms with E-state index in [1.807, 2.05) is 24.3 Å². The van der Waals surface area contributed by atoms with Crippen LogP contribution >= 0.6 is 27.3 Å².